The SMILES string of the molecule is C#C[C@]1(OS(=O)(=O)O)CC[C@H]2[C@@H]3[C@H](C)CC4=C(CC[C@@H](O)C4)[C@H]3CC[C@@]21C. The van der Waals surface area contributed by atoms with Gasteiger partial charge in [0.05, 0.1) is 6.10 Å². The van der Waals surface area contributed by atoms with E-state index >= 15 is 0 Å². The Morgan fingerprint density at radius 2 is 1.96 bits per heavy atom. The number of allylic oxidation sites excluding steroid dienone is 1. The van der Waals surface area contributed by atoms with Crippen molar-refractivity contribution in [1.82, 2.24) is 0 Å². The molecule has 2 fully saturated rings. The highest BCUT2D eigenvalue weighted by atomic mass is 32.3. The fraction of sp³-hybridized carbons (Fsp3) is 0.810. The van der Waals surface area contributed by atoms with E-state index in [1.54, 1.807) is 5.57 Å². The molecule has 0 aromatic rings. The van der Waals surface area contributed by atoms with Gasteiger partial charge in [-0.25, -0.2) is 4.18 Å². The van der Waals surface area contributed by atoms with Gasteiger partial charge in [0.1, 0.15) is 0 Å². The lowest BCUT2D eigenvalue weighted by molar-refractivity contribution is -0.0695. The summed E-state index contributed by atoms with van der Waals surface area (Å²) in [6.07, 6.45) is 12.3. The molecule has 0 heterocycles. The van der Waals surface area contributed by atoms with Gasteiger partial charge in [-0.15, -0.1) is 6.42 Å². The van der Waals surface area contributed by atoms with Gasteiger partial charge in [0, 0.05) is 5.41 Å². The molecule has 6 heteroatoms. The van der Waals surface area contributed by atoms with Crippen molar-refractivity contribution in [1.29, 1.82) is 0 Å². The third-order valence-electron chi connectivity index (χ3n) is 8.29. The van der Waals surface area contributed by atoms with Gasteiger partial charge in [-0.05, 0) is 75.0 Å². The first-order valence-corrected chi connectivity index (χ1v) is 11.5. The molecule has 0 unspecified atom stereocenters. The lowest BCUT2D eigenvalue weighted by Crippen LogP contribution is -2.54. The van der Waals surface area contributed by atoms with Gasteiger partial charge in [0.15, 0.2) is 5.60 Å². The Bertz CT molecular complexity index is 809. The van der Waals surface area contributed by atoms with Crippen LogP contribution in [0, 0.1) is 41.4 Å². The number of aliphatic hydroxyl groups excluding tert-OH is 1. The first-order chi connectivity index (χ1) is 12.6. The average molecular weight is 395 g/mol. The third kappa shape index (κ3) is 2.90. The van der Waals surface area contributed by atoms with Gasteiger partial charge in [-0.2, -0.15) is 8.42 Å². The number of rotatable bonds is 2. The molecule has 2 saturated carbocycles. The molecule has 0 aromatic carbocycles. The monoisotopic (exact) mass is 394 g/mol. The second-order valence-corrected chi connectivity index (χ2v) is 10.5. The Morgan fingerprint density at radius 3 is 2.63 bits per heavy atom. The van der Waals surface area contributed by atoms with Gasteiger partial charge >= 0.3 is 10.4 Å². The third-order valence-corrected chi connectivity index (χ3v) is 8.78. The van der Waals surface area contributed by atoms with Crippen molar-refractivity contribution >= 4 is 10.4 Å². The average Bonchev–Trinajstić information content (AvgIpc) is 2.86. The summed E-state index contributed by atoms with van der Waals surface area (Å²) in [6.45, 7) is 4.35. The largest absolute Gasteiger partial charge is 0.398 e. The summed E-state index contributed by atoms with van der Waals surface area (Å²) in [7, 11) is -4.61. The zero-order chi connectivity index (χ0) is 19.6. The minimum Gasteiger partial charge on any atom is -0.393 e. The van der Waals surface area contributed by atoms with E-state index in [4.69, 9.17) is 10.6 Å². The van der Waals surface area contributed by atoms with Crippen molar-refractivity contribution < 1.29 is 22.3 Å². The molecule has 0 aromatic heterocycles. The summed E-state index contributed by atoms with van der Waals surface area (Å²) in [6, 6.07) is 0. The number of hydrogen-bond donors (Lipinski definition) is 2. The van der Waals surface area contributed by atoms with Crippen LogP contribution in [-0.4, -0.2) is 29.8 Å². The molecular weight excluding hydrogens is 364 g/mol. The zero-order valence-corrected chi connectivity index (χ0v) is 17.0. The van der Waals surface area contributed by atoms with Crippen molar-refractivity contribution in [3.05, 3.63) is 11.1 Å². The summed E-state index contributed by atoms with van der Waals surface area (Å²) < 4.78 is 37.6. The molecular formula is C21H30O5S. The van der Waals surface area contributed by atoms with Crippen LogP contribution < -0.4 is 0 Å². The fourth-order valence-electron chi connectivity index (χ4n) is 7.18. The predicted octanol–water partition coefficient (Wildman–Crippen LogP) is 3.50. The second kappa shape index (κ2) is 6.32. The highest BCUT2D eigenvalue weighted by Crippen LogP contribution is 2.66. The van der Waals surface area contributed by atoms with Crippen LogP contribution in [0.3, 0.4) is 0 Å². The number of aliphatic hydroxyl groups is 1. The van der Waals surface area contributed by atoms with Crippen LogP contribution in [0.4, 0.5) is 0 Å². The molecule has 4 aliphatic rings. The minimum absolute atomic E-state index is 0.204. The number of fused-ring (bicyclic) bond motifs is 4. The van der Waals surface area contributed by atoms with E-state index in [0.717, 1.165) is 44.9 Å². The summed E-state index contributed by atoms with van der Waals surface area (Å²) in [5.74, 6) is 4.36. The maximum Gasteiger partial charge on any atom is 0.398 e. The van der Waals surface area contributed by atoms with Crippen molar-refractivity contribution in [2.45, 2.75) is 76.9 Å². The summed E-state index contributed by atoms with van der Waals surface area (Å²) in [5, 5.41) is 10.1. The molecule has 4 aliphatic carbocycles. The summed E-state index contributed by atoms with van der Waals surface area (Å²) in [5.41, 5.74) is 1.30. The lowest BCUT2D eigenvalue weighted by Gasteiger charge is -2.55. The molecule has 150 valence electrons. The van der Waals surface area contributed by atoms with Crippen LogP contribution in [-0.2, 0) is 14.6 Å². The first kappa shape index (κ1) is 19.4. The molecule has 4 rings (SSSR count). The molecule has 0 aliphatic heterocycles. The standard InChI is InChI=1S/C21H30O5S/c1-4-21(26-27(23,24)25)10-8-18-19-13(2)11-14-12-15(22)5-6-16(14)17(19)7-9-20(18,21)3/h1,13,15,17-19,22H,5-12H2,2-3H3,(H,23,24,25)/t13-,15-,17-,18+,19-,20+,21+/m1/s1. The molecule has 5 nitrogen and oxygen atoms in total. The van der Waals surface area contributed by atoms with Crippen molar-refractivity contribution in [2.75, 3.05) is 0 Å². The van der Waals surface area contributed by atoms with Gasteiger partial charge < -0.3 is 5.11 Å². The smallest absolute Gasteiger partial charge is 0.393 e. The van der Waals surface area contributed by atoms with Crippen LogP contribution in [0.25, 0.3) is 0 Å². The van der Waals surface area contributed by atoms with Crippen molar-refractivity contribution in [3.8, 4) is 12.3 Å². The van der Waals surface area contributed by atoms with E-state index in [1.807, 2.05) is 0 Å². The summed E-state index contributed by atoms with van der Waals surface area (Å²) >= 11 is 0. The second-order valence-electron chi connectivity index (χ2n) is 9.47. The zero-order valence-electron chi connectivity index (χ0n) is 16.1. The Hall–Kier alpha value is -0.870. The van der Waals surface area contributed by atoms with Crippen LogP contribution >= 0.6 is 0 Å². The van der Waals surface area contributed by atoms with Crippen LogP contribution in [0.1, 0.15) is 65.2 Å². The predicted molar refractivity (Wildman–Crippen MR) is 102 cm³/mol. The highest BCUT2D eigenvalue weighted by Gasteiger charge is 2.65. The molecule has 0 amide bonds. The van der Waals surface area contributed by atoms with Gasteiger partial charge in [0.2, 0.25) is 0 Å². The van der Waals surface area contributed by atoms with E-state index in [9.17, 15) is 18.1 Å². The molecule has 27 heavy (non-hydrogen) atoms. The normalized spacial score (nSPS) is 47.0. The Morgan fingerprint density at radius 1 is 1.22 bits per heavy atom. The van der Waals surface area contributed by atoms with E-state index < -0.39 is 21.4 Å². The first-order valence-electron chi connectivity index (χ1n) is 10.1. The maximum absolute atomic E-state index is 11.5. The molecule has 0 radical (unpaired) electrons. The van der Waals surface area contributed by atoms with E-state index in [2.05, 4.69) is 19.8 Å². The quantitative estimate of drug-likeness (QED) is 0.425. The molecule has 0 saturated heterocycles. The summed E-state index contributed by atoms with van der Waals surface area (Å²) in [4.78, 5) is 0. The van der Waals surface area contributed by atoms with Gasteiger partial charge in [-0.1, -0.05) is 30.9 Å². The maximum atomic E-state index is 11.5. The Balaban J connectivity index is 1.70. The molecule has 0 bridgehead atoms. The van der Waals surface area contributed by atoms with Gasteiger partial charge in [0.25, 0.3) is 0 Å². The fourth-order valence-corrected chi connectivity index (χ4v) is 7.86. The molecule has 0 spiro atoms. The number of terminal acetylenes is 1. The van der Waals surface area contributed by atoms with Crippen LogP contribution in [0.5, 0.6) is 0 Å². The topological polar surface area (TPSA) is 83.8 Å². The van der Waals surface area contributed by atoms with Crippen molar-refractivity contribution in [2.24, 2.45) is 29.1 Å². The van der Waals surface area contributed by atoms with E-state index in [1.165, 1.54) is 5.57 Å². The van der Waals surface area contributed by atoms with Crippen LogP contribution in [0.15, 0.2) is 11.1 Å². The highest BCUT2D eigenvalue weighted by molar-refractivity contribution is 7.80. The van der Waals surface area contributed by atoms with Gasteiger partial charge in [-0.3, -0.25) is 4.55 Å². The minimum atomic E-state index is -4.61. The molecule has 2 N–H and O–H groups in total. The van der Waals surface area contributed by atoms with Crippen LogP contribution in [0.2, 0.25) is 0 Å². The molecule has 7 atom stereocenters. The van der Waals surface area contributed by atoms with E-state index in [0.29, 0.717) is 24.2 Å². The Labute approximate surface area is 162 Å². The number of hydrogen-bond acceptors (Lipinski definition) is 4. The lowest BCUT2D eigenvalue weighted by atomic mass is 9.50. The Kier molecular flexibility index (Phi) is 4.55. The van der Waals surface area contributed by atoms with E-state index in [-0.39, 0.29) is 12.0 Å². The van der Waals surface area contributed by atoms with Crippen molar-refractivity contribution in [3.63, 3.8) is 0 Å².